The lowest BCUT2D eigenvalue weighted by molar-refractivity contribution is -0.138. The number of imide groups is 1. The molecule has 1 aliphatic heterocycles. The molecule has 0 aromatic carbocycles. The summed E-state index contributed by atoms with van der Waals surface area (Å²) in [6.45, 7) is 10.5. The Morgan fingerprint density at radius 1 is 1.24 bits per heavy atom. The molecular weight excluding hydrogens is 222 g/mol. The van der Waals surface area contributed by atoms with E-state index in [1.807, 2.05) is 0 Å². The number of nitrogens with one attached hydrogen (secondary N) is 1. The van der Waals surface area contributed by atoms with Crippen LogP contribution in [-0.4, -0.2) is 24.4 Å². The van der Waals surface area contributed by atoms with Gasteiger partial charge in [0.1, 0.15) is 0 Å². The van der Waals surface area contributed by atoms with E-state index in [4.69, 9.17) is 0 Å². The molecule has 5 nitrogen and oxygen atoms in total. The average molecular weight is 239 g/mol. The van der Waals surface area contributed by atoms with E-state index >= 15 is 0 Å². The molecule has 0 fully saturated rings. The quantitative estimate of drug-likeness (QED) is 0.445. The maximum atomic E-state index is 10.6. The number of hydrogen-bond donors (Lipinski definition) is 1. The average Bonchev–Trinajstić information content (AvgIpc) is 2.47. The fraction of sp³-hybridized carbons (Fsp3) is 0.417. The van der Waals surface area contributed by atoms with Crippen molar-refractivity contribution in [2.45, 2.75) is 27.7 Å². The standard InChI is InChI=1S/C6H7NO2.C6H10O2/c1-3-4(2)6(9)7-5(3)8;1-4-8-6(7)5(2)3/h1-2H3,(H,7,8,9);2,4H2,1,3H3. The number of carbonyl (C=O) groups excluding carboxylic acids is 3. The maximum Gasteiger partial charge on any atom is 0.333 e. The summed E-state index contributed by atoms with van der Waals surface area (Å²) in [4.78, 5) is 31.6. The van der Waals surface area contributed by atoms with Crippen molar-refractivity contribution >= 4 is 17.8 Å². The second kappa shape index (κ2) is 6.62. The van der Waals surface area contributed by atoms with Crippen molar-refractivity contribution in [1.29, 1.82) is 0 Å². The zero-order valence-corrected chi connectivity index (χ0v) is 10.5. The number of hydrogen-bond acceptors (Lipinski definition) is 4. The second-order valence-electron chi connectivity index (χ2n) is 3.53. The molecule has 94 valence electrons. The fourth-order valence-electron chi connectivity index (χ4n) is 0.886. The minimum Gasteiger partial charge on any atom is -0.463 e. The van der Waals surface area contributed by atoms with Crippen molar-refractivity contribution in [1.82, 2.24) is 5.32 Å². The highest BCUT2D eigenvalue weighted by Crippen LogP contribution is 2.09. The Bertz CT molecular complexity index is 371. The molecule has 0 atom stereocenters. The maximum absolute atomic E-state index is 10.6. The third-order valence-corrected chi connectivity index (χ3v) is 2.09. The summed E-state index contributed by atoms with van der Waals surface area (Å²) in [6, 6.07) is 0. The molecule has 2 amide bonds. The van der Waals surface area contributed by atoms with Crippen LogP contribution in [-0.2, 0) is 19.1 Å². The first kappa shape index (κ1) is 15.1. The lowest BCUT2D eigenvalue weighted by Crippen LogP contribution is -2.22. The molecule has 0 aromatic heterocycles. The van der Waals surface area contributed by atoms with Crippen LogP contribution in [0.25, 0.3) is 0 Å². The Morgan fingerprint density at radius 3 is 1.76 bits per heavy atom. The number of rotatable bonds is 2. The van der Waals surface area contributed by atoms with Crippen LogP contribution in [0.5, 0.6) is 0 Å². The van der Waals surface area contributed by atoms with Gasteiger partial charge in [0.15, 0.2) is 0 Å². The number of esters is 1. The zero-order chi connectivity index (χ0) is 13.6. The van der Waals surface area contributed by atoms with Crippen molar-refractivity contribution in [3.63, 3.8) is 0 Å². The van der Waals surface area contributed by atoms with Gasteiger partial charge in [-0.05, 0) is 27.7 Å². The monoisotopic (exact) mass is 239 g/mol. The topological polar surface area (TPSA) is 72.5 Å². The van der Waals surface area contributed by atoms with Crippen molar-refractivity contribution in [2.24, 2.45) is 0 Å². The Hall–Kier alpha value is -1.91. The van der Waals surface area contributed by atoms with Gasteiger partial charge in [0.2, 0.25) is 0 Å². The predicted molar refractivity (Wildman–Crippen MR) is 63.0 cm³/mol. The zero-order valence-electron chi connectivity index (χ0n) is 10.5. The summed E-state index contributed by atoms with van der Waals surface area (Å²) in [5, 5.41) is 2.16. The summed E-state index contributed by atoms with van der Waals surface area (Å²) < 4.78 is 4.56. The van der Waals surface area contributed by atoms with Gasteiger partial charge < -0.3 is 4.74 Å². The summed E-state index contributed by atoms with van der Waals surface area (Å²) in [7, 11) is 0. The summed E-state index contributed by atoms with van der Waals surface area (Å²) in [5.41, 5.74) is 1.51. The minimum atomic E-state index is -0.312. The molecule has 0 aliphatic carbocycles. The Kier molecular flexibility index (Phi) is 5.88. The predicted octanol–water partition coefficient (Wildman–Crippen LogP) is 1.10. The van der Waals surface area contributed by atoms with Crippen molar-refractivity contribution in [3.05, 3.63) is 23.3 Å². The van der Waals surface area contributed by atoms with E-state index in [2.05, 4.69) is 16.6 Å². The van der Waals surface area contributed by atoms with E-state index in [9.17, 15) is 14.4 Å². The highest BCUT2D eigenvalue weighted by molar-refractivity contribution is 6.18. The van der Waals surface area contributed by atoms with Gasteiger partial charge in [-0.3, -0.25) is 14.9 Å². The van der Waals surface area contributed by atoms with Gasteiger partial charge in [0.05, 0.1) is 6.61 Å². The smallest absolute Gasteiger partial charge is 0.333 e. The molecule has 1 rings (SSSR count). The van der Waals surface area contributed by atoms with E-state index in [-0.39, 0.29) is 17.8 Å². The van der Waals surface area contributed by atoms with Gasteiger partial charge >= 0.3 is 5.97 Å². The summed E-state index contributed by atoms with van der Waals surface area (Å²) in [5.74, 6) is -0.845. The van der Waals surface area contributed by atoms with Gasteiger partial charge in [-0.1, -0.05) is 6.58 Å². The molecule has 5 heteroatoms. The molecule has 1 N–H and O–H groups in total. The largest absolute Gasteiger partial charge is 0.463 e. The molecule has 0 radical (unpaired) electrons. The van der Waals surface area contributed by atoms with Crippen LogP contribution in [0.2, 0.25) is 0 Å². The molecule has 1 heterocycles. The van der Waals surface area contributed by atoms with Crippen LogP contribution in [0.3, 0.4) is 0 Å². The van der Waals surface area contributed by atoms with Crippen LogP contribution < -0.4 is 5.32 Å². The van der Waals surface area contributed by atoms with Crippen LogP contribution in [0.4, 0.5) is 0 Å². The van der Waals surface area contributed by atoms with Crippen molar-refractivity contribution in [2.75, 3.05) is 6.61 Å². The fourth-order valence-corrected chi connectivity index (χ4v) is 0.886. The first-order valence-corrected chi connectivity index (χ1v) is 5.17. The Morgan fingerprint density at radius 2 is 1.65 bits per heavy atom. The normalized spacial score (nSPS) is 13.9. The van der Waals surface area contributed by atoms with Gasteiger partial charge in [0, 0.05) is 16.7 Å². The Labute approximate surface area is 101 Å². The van der Waals surface area contributed by atoms with Gasteiger partial charge in [-0.25, -0.2) is 4.79 Å². The van der Waals surface area contributed by atoms with Crippen LogP contribution in [0.15, 0.2) is 23.3 Å². The molecule has 1 aliphatic rings. The number of amides is 2. The first-order chi connectivity index (χ1) is 7.81. The highest BCUT2D eigenvalue weighted by Gasteiger charge is 2.22. The van der Waals surface area contributed by atoms with Crippen molar-refractivity contribution < 1.29 is 19.1 Å². The van der Waals surface area contributed by atoms with E-state index in [0.29, 0.717) is 23.3 Å². The molecule has 0 aromatic rings. The van der Waals surface area contributed by atoms with Gasteiger partial charge in [0.25, 0.3) is 11.8 Å². The van der Waals surface area contributed by atoms with Crippen LogP contribution in [0, 0.1) is 0 Å². The summed E-state index contributed by atoms with van der Waals surface area (Å²) in [6.07, 6.45) is 0. The van der Waals surface area contributed by atoms with Crippen molar-refractivity contribution in [3.8, 4) is 0 Å². The van der Waals surface area contributed by atoms with E-state index < -0.39 is 0 Å². The molecular formula is C12H17NO4. The van der Waals surface area contributed by atoms with Crippen LogP contribution in [0.1, 0.15) is 27.7 Å². The van der Waals surface area contributed by atoms with E-state index in [0.717, 1.165) is 0 Å². The van der Waals surface area contributed by atoms with E-state index in [1.165, 1.54) is 0 Å². The SMILES string of the molecule is C=C(C)C(=O)OCC.CC1=C(C)C(=O)NC1=O. The lowest BCUT2D eigenvalue weighted by atomic mass is 10.2. The van der Waals surface area contributed by atoms with Gasteiger partial charge in [-0.2, -0.15) is 0 Å². The molecule has 0 saturated heterocycles. The van der Waals surface area contributed by atoms with Crippen LogP contribution >= 0.6 is 0 Å². The molecule has 0 spiro atoms. The van der Waals surface area contributed by atoms with Gasteiger partial charge in [-0.15, -0.1) is 0 Å². The number of ether oxygens (including phenoxy) is 1. The lowest BCUT2D eigenvalue weighted by Gasteiger charge is -1.96. The Balaban J connectivity index is 0.000000304. The second-order valence-corrected chi connectivity index (χ2v) is 3.53. The molecule has 17 heavy (non-hydrogen) atoms. The molecule has 0 unspecified atom stereocenters. The third-order valence-electron chi connectivity index (χ3n) is 2.09. The minimum absolute atomic E-state index is 0.266. The first-order valence-electron chi connectivity index (χ1n) is 5.17. The summed E-state index contributed by atoms with van der Waals surface area (Å²) >= 11 is 0. The van der Waals surface area contributed by atoms with E-state index in [1.54, 1.807) is 27.7 Å². The molecule has 0 saturated carbocycles. The third kappa shape index (κ3) is 4.63. The molecule has 0 bridgehead atoms. The highest BCUT2D eigenvalue weighted by atomic mass is 16.5. The number of carbonyl (C=O) groups is 3.